The van der Waals surface area contributed by atoms with E-state index in [1.807, 2.05) is 0 Å². The van der Waals surface area contributed by atoms with Gasteiger partial charge in [-0.1, -0.05) is 35.9 Å². The van der Waals surface area contributed by atoms with Crippen LogP contribution < -0.4 is 0 Å². The maximum absolute atomic E-state index is 13.7. The fourth-order valence-electron chi connectivity index (χ4n) is 2.05. The van der Waals surface area contributed by atoms with Gasteiger partial charge >= 0.3 is 0 Å². The van der Waals surface area contributed by atoms with E-state index >= 15 is 0 Å². The maximum Gasteiger partial charge on any atom is 0.179 e. The molecule has 0 N–H and O–H groups in total. The van der Waals surface area contributed by atoms with Crippen molar-refractivity contribution in [1.82, 2.24) is 4.90 Å². The van der Waals surface area contributed by atoms with E-state index in [9.17, 15) is 12.8 Å². The molecule has 0 saturated carbocycles. The Kier molecular flexibility index (Phi) is 5.56. The van der Waals surface area contributed by atoms with Crippen LogP contribution in [0.5, 0.6) is 0 Å². The van der Waals surface area contributed by atoms with E-state index in [1.165, 1.54) is 6.07 Å². The van der Waals surface area contributed by atoms with Gasteiger partial charge in [-0.15, -0.1) is 0 Å². The van der Waals surface area contributed by atoms with Crippen molar-refractivity contribution in [1.29, 1.82) is 0 Å². The number of halogens is 2. The average molecular weight is 342 g/mol. The zero-order valence-corrected chi connectivity index (χ0v) is 13.7. The van der Waals surface area contributed by atoms with Gasteiger partial charge in [0.15, 0.2) is 9.84 Å². The minimum Gasteiger partial charge on any atom is -0.301 e. The van der Waals surface area contributed by atoms with E-state index in [-0.39, 0.29) is 18.1 Å². The van der Waals surface area contributed by atoms with Crippen LogP contribution in [-0.4, -0.2) is 32.7 Å². The largest absolute Gasteiger partial charge is 0.301 e. The quantitative estimate of drug-likeness (QED) is 0.808. The molecule has 118 valence electrons. The summed E-state index contributed by atoms with van der Waals surface area (Å²) in [5.41, 5.74) is 0.378. The van der Waals surface area contributed by atoms with E-state index in [4.69, 9.17) is 11.6 Å². The molecule has 6 heteroatoms. The molecule has 0 heterocycles. The molecule has 2 aromatic rings. The Morgan fingerprint density at radius 3 is 2.41 bits per heavy atom. The number of sulfone groups is 1. The fraction of sp³-hybridized carbons (Fsp3) is 0.250. The van der Waals surface area contributed by atoms with Crippen LogP contribution in [0.3, 0.4) is 0 Å². The molecular formula is C16H17ClFNO2S. The Balaban J connectivity index is 2.00. The molecule has 3 nitrogen and oxygen atoms in total. The Bertz CT molecular complexity index is 715. The summed E-state index contributed by atoms with van der Waals surface area (Å²) in [6, 6.07) is 12.8. The lowest BCUT2D eigenvalue weighted by molar-refractivity contribution is 0.340. The highest BCUT2D eigenvalue weighted by Crippen LogP contribution is 2.20. The van der Waals surface area contributed by atoms with Crippen molar-refractivity contribution in [2.24, 2.45) is 0 Å². The number of hydrogen-bond acceptors (Lipinski definition) is 3. The monoisotopic (exact) mass is 341 g/mol. The van der Waals surface area contributed by atoms with Crippen molar-refractivity contribution >= 4 is 21.4 Å². The summed E-state index contributed by atoms with van der Waals surface area (Å²) in [5, 5.41) is 0.345. The van der Waals surface area contributed by atoms with Crippen LogP contribution in [0.2, 0.25) is 5.02 Å². The molecular weight excluding hydrogens is 325 g/mol. The van der Waals surface area contributed by atoms with Crippen LogP contribution in [0.15, 0.2) is 53.4 Å². The number of rotatable bonds is 6. The van der Waals surface area contributed by atoms with Crippen molar-refractivity contribution in [2.75, 3.05) is 19.3 Å². The van der Waals surface area contributed by atoms with E-state index in [0.717, 1.165) is 0 Å². The Labute approximate surface area is 135 Å². The number of benzene rings is 2. The second-order valence-corrected chi connectivity index (χ2v) is 7.59. The first-order valence-electron chi connectivity index (χ1n) is 6.79. The molecule has 2 aromatic carbocycles. The molecule has 0 aromatic heterocycles. The summed E-state index contributed by atoms with van der Waals surface area (Å²) in [5.74, 6) is -0.412. The molecule has 0 aliphatic rings. The van der Waals surface area contributed by atoms with Gasteiger partial charge in [-0.2, -0.15) is 0 Å². The minimum absolute atomic E-state index is 0.0282. The van der Waals surface area contributed by atoms with Gasteiger partial charge in [0, 0.05) is 23.7 Å². The lowest BCUT2D eigenvalue weighted by Gasteiger charge is -2.18. The summed E-state index contributed by atoms with van der Waals surface area (Å²) in [6.45, 7) is 0.553. The Hall–Kier alpha value is -1.43. The molecule has 22 heavy (non-hydrogen) atoms. The number of hydrogen-bond donors (Lipinski definition) is 0. The molecule has 0 atom stereocenters. The molecule has 0 aliphatic heterocycles. The molecule has 0 radical (unpaired) electrons. The first-order valence-corrected chi connectivity index (χ1v) is 8.82. The molecule has 0 spiro atoms. The first kappa shape index (κ1) is 16.9. The van der Waals surface area contributed by atoms with E-state index in [0.29, 0.717) is 22.0 Å². The highest BCUT2D eigenvalue weighted by molar-refractivity contribution is 7.91. The van der Waals surface area contributed by atoms with E-state index in [1.54, 1.807) is 54.4 Å². The molecule has 2 rings (SSSR count). The van der Waals surface area contributed by atoms with Crippen LogP contribution in [0, 0.1) is 5.82 Å². The first-order chi connectivity index (χ1) is 10.4. The van der Waals surface area contributed by atoms with Crippen LogP contribution in [0.1, 0.15) is 5.56 Å². The van der Waals surface area contributed by atoms with E-state index < -0.39 is 9.84 Å². The maximum atomic E-state index is 13.7. The van der Waals surface area contributed by atoms with Gasteiger partial charge in [-0.05, 0) is 31.3 Å². The van der Waals surface area contributed by atoms with Crippen molar-refractivity contribution in [3.63, 3.8) is 0 Å². The predicted octanol–water partition coefficient (Wildman–Crippen LogP) is 3.38. The molecule has 0 fully saturated rings. The summed E-state index contributed by atoms with van der Waals surface area (Å²) in [7, 11) is -1.60. The lowest BCUT2D eigenvalue weighted by atomic mass is 10.2. The molecule has 0 saturated heterocycles. The second kappa shape index (κ2) is 7.22. The summed E-state index contributed by atoms with van der Waals surface area (Å²) in [6.07, 6.45) is 0. The zero-order chi connectivity index (χ0) is 16.2. The Morgan fingerprint density at radius 2 is 1.77 bits per heavy atom. The van der Waals surface area contributed by atoms with Gasteiger partial charge in [0.05, 0.1) is 10.6 Å². The fourth-order valence-corrected chi connectivity index (χ4v) is 3.64. The lowest BCUT2D eigenvalue weighted by Crippen LogP contribution is -2.26. The normalized spacial score (nSPS) is 11.8. The van der Waals surface area contributed by atoms with Crippen molar-refractivity contribution in [2.45, 2.75) is 11.4 Å². The standard InChI is InChI=1S/C16H17ClFNO2S/c1-19(12-14-15(17)8-5-9-16(14)18)10-11-22(20,21)13-6-3-2-4-7-13/h2-9H,10-12H2,1H3. The molecule has 0 amide bonds. The smallest absolute Gasteiger partial charge is 0.179 e. The SMILES string of the molecule is CN(CCS(=O)(=O)c1ccccc1)Cc1c(F)cccc1Cl. The Morgan fingerprint density at radius 1 is 1.09 bits per heavy atom. The van der Waals surface area contributed by atoms with Gasteiger partial charge in [0.25, 0.3) is 0 Å². The molecule has 0 aliphatic carbocycles. The summed E-state index contributed by atoms with van der Waals surface area (Å²) < 4.78 is 38.1. The third kappa shape index (κ3) is 4.29. The molecule has 0 bridgehead atoms. The van der Waals surface area contributed by atoms with Gasteiger partial charge < -0.3 is 4.90 Å². The van der Waals surface area contributed by atoms with E-state index in [2.05, 4.69) is 0 Å². The van der Waals surface area contributed by atoms with Gasteiger partial charge in [-0.3, -0.25) is 0 Å². The van der Waals surface area contributed by atoms with Crippen molar-refractivity contribution in [3.05, 3.63) is 64.9 Å². The minimum atomic E-state index is -3.34. The second-order valence-electron chi connectivity index (χ2n) is 5.07. The van der Waals surface area contributed by atoms with Gasteiger partial charge in [-0.25, -0.2) is 12.8 Å². The van der Waals surface area contributed by atoms with Crippen LogP contribution in [0.4, 0.5) is 4.39 Å². The van der Waals surface area contributed by atoms with Crippen LogP contribution in [-0.2, 0) is 16.4 Å². The summed E-state index contributed by atoms with van der Waals surface area (Å²) >= 11 is 5.97. The predicted molar refractivity (Wildman–Crippen MR) is 86.2 cm³/mol. The van der Waals surface area contributed by atoms with Crippen molar-refractivity contribution in [3.8, 4) is 0 Å². The van der Waals surface area contributed by atoms with Crippen LogP contribution >= 0.6 is 11.6 Å². The average Bonchev–Trinajstić information content (AvgIpc) is 2.50. The number of nitrogens with zero attached hydrogens (tertiary/aromatic N) is 1. The highest BCUT2D eigenvalue weighted by atomic mass is 35.5. The third-order valence-corrected chi connectivity index (χ3v) is 5.40. The van der Waals surface area contributed by atoms with Gasteiger partial charge in [0.1, 0.15) is 5.82 Å². The van der Waals surface area contributed by atoms with Crippen molar-refractivity contribution < 1.29 is 12.8 Å². The topological polar surface area (TPSA) is 37.4 Å². The summed E-state index contributed by atoms with van der Waals surface area (Å²) in [4.78, 5) is 2.04. The van der Waals surface area contributed by atoms with Gasteiger partial charge in [0.2, 0.25) is 0 Å². The highest BCUT2D eigenvalue weighted by Gasteiger charge is 2.16. The zero-order valence-electron chi connectivity index (χ0n) is 12.2. The molecule has 0 unspecified atom stereocenters. The third-order valence-electron chi connectivity index (χ3n) is 3.33. The van der Waals surface area contributed by atoms with Crippen LogP contribution in [0.25, 0.3) is 0 Å².